The minimum absolute atomic E-state index is 0.165. The van der Waals surface area contributed by atoms with Gasteiger partial charge in [-0.05, 0) is 129 Å². The molecule has 0 bridgehead atoms. The highest BCUT2D eigenvalue weighted by Crippen LogP contribution is 2.53. The molecule has 0 spiro atoms. The van der Waals surface area contributed by atoms with E-state index >= 15 is 0 Å². The van der Waals surface area contributed by atoms with Crippen LogP contribution in [0.4, 0.5) is 22.7 Å². The van der Waals surface area contributed by atoms with E-state index < -0.39 is 0 Å². The predicted molar refractivity (Wildman–Crippen MR) is 242 cm³/mol. The van der Waals surface area contributed by atoms with Gasteiger partial charge >= 0.3 is 0 Å². The van der Waals surface area contributed by atoms with Gasteiger partial charge in [0.1, 0.15) is 0 Å². The van der Waals surface area contributed by atoms with Crippen LogP contribution in [-0.2, 0) is 10.8 Å². The summed E-state index contributed by atoms with van der Waals surface area (Å²) in [6.07, 6.45) is 17.2. The standard InChI is InChI=1S/C55H50N2/c1-54(2)37-55(3,4)51-36-47(32-33-50(51)54)57-52-18-12-11-17-48(52)49-35-43(27-34-53(49)57)42-21-19-39(20-22-42)41-25-30-46(31-26-41)56(44-15-9-6-10-16-44)45-28-23-40(24-29-45)38-13-7-5-8-14-38/h5-9,11-15,17-36,49,53H,10,16,37H2,1-4H3. The molecule has 2 heteroatoms. The molecule has 280 valence electrons. The average molecular weight is 739 g/mol. The lowest BCUT2D eigenvalue weighted by Gasteiger charge is -2.31. The lowest BCUT2D eigenvalue weighted by molar-refractivity contribution is 0.403. The molecule has 0 N–H and O–H groups in total. The minimum atomic E-state index is 0.165. The number of hydrogen-bond donors (Lipinski definition) is 0. The lowest BCUT2D eigenvalue weighted by atomic mass is 9.82. The number of fused-ring (bicyclic) bond motifs is 4. The predicted octanol–water partition coefficient (Wildman–Crippen LogP) is 14.6. The third-order valence-electron chi connectivity index (χ3n) is 12.9. The maximum atomic E-state index is 2.58. The van der Waals surface area contributed by atoms with Crippen molar-refractivity contribution in [2.24, 2.45) is 0 Å². The van der Waals surface area contributed by atoms with E-state index in [1.807, 2.05) is 0 Å². The minimum Gasteiger partial charge on any atom is -0.333 e. The third kappa shape index (κ3) is 6.29. The van der Waals surface area contributed by atoms with E-state index in [0.717, 1.165) is 12.8 Å². The van der Waals surface area contributed by atoms with Gasteiger partial charge in [0.25, 0.3) is 0 Å². The Bertz CT molecular complexity index is 2580. The van der Waals surface area contributed by atoms with Crippen LogP contribution in [0.1, 0.15) is 75.1 Å². The number of rotatable bonds is 7. The second-order valence-electron chi connectivity index (χ2n) is 17.6. The number of para-hydroxylation sites is 1. The number of anilines is 4. The third-order valence-corrected chi connectivity index (χ3v) is 12.9. The first-order chi connectivity index (χ1) is 27.7. The first-order valence-corrected chi connectivity index (χ1v) is 20.7. The van der Waals surface area contributed by atoms with Gasteiger partial charge in [0.2, 0.25) is 0 Å². The van der Waals surface area contributed by atoms with E-state index in [1.54, 1.807) is 0 Å². The van der Waals surface area contributed by atoms with Gasteiger partial charge < -0.3 is 9.80 Å². The van der Waals surface area contributed by atoms with Crippen molar-refractivity contribution in [2.45, 2.75) is 69.7 Å². The summed E-state index contributed by atoms with van der Waals surface area (Å²) in [5.74, 6) is 0.290. The maximum absolute atomic E-state index is 2.58. The molecule has 1 aliphatic heterocycles. The van der Waals surface area contributed by atoms with Gasteiger partial charge in [0, 0.05) is 34.4 Å². The van der Waals surface area contributed by atoms with Crippen LogP contribution in [-0.4, -0.2) is 6.04 Å². The Kier molecular flexibility index (Phi) is 8.56. The van der Waals surface area contributed by atoms with Crippen LogP contribution < -0.4 is 9.80 Å². The molecule has 10 rings (SSSR count). The molecular formula is C55H50N2. The number of benzene rings is 6. The Labute approximate surface area is 338 Å². The van der Waals surface area contributed by atoms with Gasteiger partial charge in [-0.1, -0.05) is 161 Å². The van der Waals surface area contributed by atoms with Crippen LogP contribution in [0, 0.1) is 0 Å². The van der Waals surface area contributed by atoms with Gasteiger partial charge in [-0.3, -0.25) is 0 Å². The summed E-state index contributed by atoms with van der Waals surface area (Å²) < 4.78 is 0. The summed E-state index contributed by atoms with van der Waals surface area (Å²) in [6, 6.07) is 54.3. The first kappa shape index (κ1) is 35.3. The molecular weight excluding hydrogens is 689 g/mol. The van der Waals surface area contributed by atoms with Crippen molar-refractivity contribution in [3.8, 4) is 22.3 Å². The zero-order valence-electron chi connectivity index (χ0n) is 33.5. The van der Waals surface area contributed by atoms with Crippen LogP contribution in [0.25, 0.3) is 27.8 Å². The molecule has 4 aliphatic rings. The van der Waals surface area contributed by atoms with Gasteiger partial charge in [-0.15, -0.1) is 0 Å². The summed E-state index contributed by atoms with van der Waals surface area (Å²) in [4.78, 5) is 5.00. The molecule has 0 saturated carbocycles. The largest absolute Gasteiger partial charge is 0.333 e. The van der Waals surface area contributed by atoms with Gasteiger partial charge in [0.05, 0.1) is 6.04 Å². The molecule has 0 fully saturated rings. The van der Waals surface area contributed by atoms with Crippen molar-refractivity contribution in [3.63, 3.8) is 0 Å². The zero-order chi connectivity index (χ0) is 38.7. The van der Waals surface area contributed by atoms with Gasteiger partial charge in [0.15, 0.2) is 0 Å². The highest BCUT2D eigenvalue weighted by molar-refractivity contribution is 5.84. The molecule has 57 heavy (non-hydrogen) atoms. The van der Waals surface area contributed by atoms with Crippen molar-refractivity contribution in [1.82, 2.24) is 0 Å². The molecule has 0 amide bonds. The van der Waals surface area contributed by atoms with Gasteiger partial charge in [-0.25, -0.2) is 0 Å². The van der Waals surface area contributed by atoms with E-state index in [-0.39, 0.29) is 16.9 Å². The van der Waals surface area contributed by atoms with E-state index in [2.05, 4.69) is 220 Å². The SMILES string of the molecule is CC1(C)CC(C)(C)c2cc(N3c4ccccc4C4C=C(c5ccc(-c6ccc(N(C7=CC=CCC7)c7ccc(-c8ccccc8)cc7)cc6)cc5)C=CC43)ccc21. The normalized spacial score (nSPS) is 19.7. The Balaban J connectivity index is 0.903. The fourth-order valence-electron chi connectivity index (χ4n) is 10.3. The molecule has 2 atom stereocenters. The topological polar surface area (TPSA) is 6.48 Å². The summed E-state index contributed by atoms with van der Waals surface area (Å²) in [6.45, 7) is 9.62. The lowest BCUT2D eigenvalue weighted by Crippen LogP contribution is -2.29. The summed E-state index contributed by atoms with van der Waals surface area (Å²) >= 11 is 0. The van der Waals surface area contributed by atoms with Crippen molar-refractivity contribution in [3.05, 3.63) is 210 Å². The molecule has 6 aromatic carbocycles. The first-order valence-electron chi connectivity index (χ1n) is 20.7. The molecule has 0 saturated heterocycles. The van der Waals surface area contributed by atoms with Crippen LogP contribution in [0.15, 0.2) is 188 Å². The van der Waals surface area contributed by atoms with E-state index in [4.69, 9.17) is 0 Å². The number of nitrogens with zero attached hydrogens (tertiary/aromatic N) is 2. The quantitative estimate of drug-likeness (QED) is 0.161. The molecule has 3 aliphatic carbocycles. The summed E-state index contributed by atoms with van der Waals surface area (Å²) in [7, 11) is 0. The van der Waals surface area contributed by atoms with Crippen molar-refractivity contribution >= 4 is 28.3 Å². The Morgan fingerprint density at radius 1 is 0.596 bits per heavy atom. The van der Waals surface area contributed by atoms with E-state index in [0.29, 0.717) is 5.92 Å². The van der Waals surface area contributed by atoms with Crippen molar-refractivity contribution in [1.29, 1.82) is 0 Å². The summed E-state index contributed by atoms with van der Waals surface area (Å²) in [5.41, 5.74) is 18.5. The monoisotopic (exact) mass is 738 g/mol. The van der Waals surface area contributed by atoms with Crippen LogP contribution in [0.3, 0.4) is 0 Å². The average Bonchev–Trinajstić information content (AvgIpc) is 3.67. The molecule has 2 unspecified atom stereocenters. The fraction of sp³-hybridized carbons (Fsp3) is 0.200. The fourth-order valence-corrected chi connectivity index (χ4v) is 10.3. The molecule has 0 radical (unpaired) electrons. The number of allylic oxidation sites excluding steroid dienone is 6. The van der Waals surface area contributed by atoms with E-state index in [9.17, 15) is 0 Å². The van der Waals surface area contributed by atoms with Crippen LogP contribution >= 0.6 is 0 Å². The highest BCUT2D eigenvalue weighted by atomic mass is 15.2. The van der Waals surface area contributed by atoms with Crippen LogP contribution in [0.5, 0.6) is 0 Å². The smallest absolute Gasteiger partial charge is 0.0630 e. The molecule has 2 nitrogen and oxygen atoms in total. The second kappa shape index (κ2) is 13.8. The zero-order valence-corrected chi connectivity index (χ0v) is 33.5. The Morgan fingerprint density at radius 3 is 1.86 bits per heavy atom. The Morgan fingerprint density at radius 2 is 1.19 bits per heavy atom. The van der Waals surface area contributed by atoms with E-state index in [1.165, 1.54) is 84.9 Å². The molecule has 1 heterocycles. The van der Waals surface area contributed by atoms with Crippen molar-refractivity contribution in [2.75, 3.05) is 9.80 Å². The second-order valence-corrected chi connectivity index (χ2v) is 17.6. The molecule has 0 aromatic heterocycles. The molecule has 6 aromatic rings. The van der Waals surface area contributed by atoms with Crippen LogP contribution in [0.2, 0.25) is 0 Å². The summed E-state index contributed by atoms with van der Waals surface area (Å²) in [5, 5.41) is 0. The Hall–Kier alpha value is -6.12. The number of hydrogen-bond acceptors (Lipinski definition) is 2. The van der Waals surface area contributed by atoms with Gasteiger partial charge in [-0.2, -0.15) is 0 Å². The van der Waals surface area contributed by atoms with Crippen molar-refractivity contribution < 1.29 is 0 Å². The maximum Gasteiger partial charge on any atom is 0.0630 e. The highest BCUT2D eigenvalue weighted by Gasteiger charge is 2.43.